The van der Waals surface area contributed by atoms with Crippen molar-refractivity contribution in [2.24, 2.45) is 5.92 Å². The van der Waals surface area contributed by atoms with Gasteiger partial charge < -0.3 is 10.1 Å². The number of pyridine rings is 1. The minimum atomic E-state index is -3.61. The largest absolute Gasteiger partial charge is 0.481 e. The Morgan fingerprint density at radius 3 is 2.72 bits per heavy atom. The number of rotatable bonds is 7. The van der Waals surface area contributed by atoms with E-state index >= 15 is 0 Å². The van der Waals surface area contributed by atoms with Gasteiger partial charge in [-0.15, -0.1) is 0 Å². The second-order valence-electron chi connectivity index (χ2n) is 5.87. The summed E-state index contributed by atoms with van der Waals surface area (Å²) in [5, 5.41) is 2.68. The van der Waals surface area contributed by atoms with E-state index in [0.29, 0.717) is 24.0 Å². The summed E-state index contributed by atoms with van der Waals surface area (Å²) in [5.41, 5.74) is 0.746. The quantitative estimate of drug-likeness (QED) is 0.786. The summed E-state index contributed by atoms with van der Waals surface area (Å²) >= 11 is 0. The SMILES string of the molecule is COc1ccc(NC(=O)c2cccc(S(=O)(=O)NCC3CC3)c2)cn1. The molecule has 0 radical (unpaired) electrons. The third-order valence-corrected chi connectivity index (χ3v) is 5.29. The predicted octanol–water partition coefficient (Wildman–Crippen LogP) is 2.03. The molecule has 1 aliphatic carbocycles. The highest BCUT2D eigenvalue weighted by molar-refractivity contribution is 7.89. The first kappa shape index (κ1) is 17.4. The third kappa shape index (κ3) is 4.55. The molecule has 0 saturated heterocycles. The van der Waals surface area contributed by atoms with Crippen molar-refractivity contribution in [1.82, 2.24) is 9.71 Å². The molecule has 1 amide bonds. The zero-order chi connectivity index (χ0) is 17.9. The highest BCUT2D eigenvalue weighted by Gasteiger charge is 2.24. The number of carbonyl (C=O) groups excluding carboxylic acids is 1. The second kappa shape index (κ2) is 7.20. The number of aromatic nitrogens is 1. The van der Waals surface area contributed by atoms with E-state index in [0.717, 1.165) is 12.8 Å². The molecule has 0 bridgehead atoms. The second-order valence-corrected chi connectivity index (χ2v) is 7.63. The van der Waals surface area contributed by atoms with Crippen LogP contribution in [0.15, 0.2) is 47.5 Å². The van der Waals surface area contributed by atoms with E-state index in [4.69, 9.17) is 4.74 Å². The van der Waals surface area contributed by atoms with Gasteiger partial charge in [0, 0.05) is 18.2 Å². The van der Waals surface area contributed by atoms with Crippen LogP contribution in [0.5, 0.6) is 5.88 Å². The number of carbonyl (C=O) groups is 1. The number of ether oxygens (including phenoxy) is 1. The van der Waals surface area contributed by atoms with Crippen molar-refractivity contribution in [3.05, 3.63) is 48.2 Å². The highest BCUT2D eigenvalue weighted by atomic mass is 32.2. The number of methoxy groups -OCH3 is 1. The molecular formula is C17H19N3O4S. The summed E-state index contributed by atoms with van der Waals surface area (Å²) in [6.07, 6.45) is 3.58. The fourth-order valence-electron chi connectivity index (χ4n) is 2.22. The Labute approximate surface area is 146 Å². The molecule has 0 spiro atoms. The molecule has 1 fully saturated rings. The Balaban J connectivity index is 1.71. The van der Waals surface area contributed by atoms with E-state index in [1.54, 1.807) is 24.3 Å². The lowest BCUT2D eigenvalue weighted by Crippen LogP contribution is -2.26. The van der Waals surface area contributed by atoms with Crippen molar-refractivity contribution in [2.45, 2.75) is 17.7 Å². The number of hydrogen-bond acceptors (Lipinski definition) is 5. The van der Waals surface area contributed by atoms with Gasteiger partial charge in [0.25, 0.3) is 5.91 Å². The Morgan fingerprint density at radius 1 is 1.28 bits per heavy atom. The van der Waals surface area contributed by atoms with E-state index in [2.05, 4.69) is 15.0 Å². The van der Waals surface area contributed by atoms with Gasteiger partial charge in [-0.25, -0.2) is 18.1 Å². The molecule has 132 valence electrons. The lowest BCUT2D eigenvalue weighted by Gasteiger charge is -2.09. The number of nitrogens with one attached hydrogen (secondary N) is 2. The minimum Gasteiger partial charge on any atom is -0.481 e. The monoisotopic (exact) mass is 361 g/mol. The summed E-state index contributed by atoms with van der Waals surface area (Å²) in [5.74, 6) is 0.461. The van der Waals surface area contributed by atoms with Crippen LogP contribution in [0.4, 0.5) is 5.69 Å². The molecule has 0 unspecified atom stereocenters. The van der Waals surface area contributed by atoms with E-state index in [1.807, 2.05) is 0 Å². The maximum atomic E-state index is 12.3. The summed E-state index contributed by atoms with van der Waals surface area (Å²) < 4.78 is 32.1. The number of benzene rings is 1. The predicted molar refractivity (Wildman–Crippen MR) is 93.1 cm³/mol. The van der Waals surface area contributed by atoms with Crippen molar-refractivity contribution in [1.29, 1.82) is 0 Å². The van der Waals surface area contributed by atoms with Crippen LogP contribution in [0.2, 0.25) is 0 Å². The number of anilines is 1. The molecule has 1 heterocycles. The molecular weight excluding hydrogens is 342 g/mol. The first-order chi connectivity index (χ1) is 12.0. The molecule has 3 rings (SSSR count). The molecule has 1 aliphatic rings. The van der Waals surface area contributed by atoms with Crippen LogP contribution in [0.25, 0.3) is 0 Å². The lowest BCUT2D eigenvalue weighted by molar-refractivity contribution is 0.102. The van der Waals surface area contributed by atoms with Crippen LogP contribution in [0.3, 0.4) is 0 Å². The summed E-state index contributed by atoms with van der Waals surface area (Å²) in [6, 6.07) is 9.22. The van der Waals surface area contributed by atoms with Gasteiger partial charge in [0.05, 0.1) is 23.9 Å². The standard InChI is InChI=1S/C17H19N3O4S/c1-24-16-8-7-14(11-18-16)20-17(21)13-3-2-4-15(9-13)25(22,23)19-10-12-5-6-12/h2-4,7-9,11-12,19H,5-6,10H2,1H3,(H,20,21). The van der Waals surface area contributed by atoms with Crippen LogP contribution in [-0.4, -0.2) is 33.0 Å². The number of hydrogen-bond donors (Lipinski definition) is 2. The Morgan fingerprint density at radius 2 is 2.08 bits per heavy atom. The Bertz CT molecular complexity index is 862. The Hall–Kier alpha value is -2.45. The molecule has 0 atom stereocenters. The molecule has 7 nitrogen and oxygen atoms in total. The smallest absolute Gasteiger partial charge is 0.255 e. The summed E-state index contributed by atoms with van der Waals surface area (Å²) in [4.78, 5) is 16.4. The van der Waals surface area contributed by atoms with Crippen molar-refractivity contribution in [3.63, 3.8) is 0 Å². The van der Waals surface area contributed by atoms with Gasteiger partial charge in [0.1, 0.15) is 0 Å². The lowest BCUT2D eigenvalue weighted by atomic mass is 10.2. The normalized spacial score (nSPS) is 14.1. The molecule has 8 heteroatoms. The van der Waals surface area contributed by atoms with Crippen molar-refractivity contribution in [3.8, 4) is 5.88 Å². The zero-order valence-corrected chi connectivity index (χ0v) is 14.5. The van der Waals surface area contributed by atoms with Crippen molar-refractivity contribution in [2.75, 3.05) is 19.0 Å². The van der Waals surface area contributed by atoms with E-state index < -0.39 is 15.9 Å². The highest BCUT2D eigenvalue weighted by Crippen LogP contribution is 2.28. The summed E-state index contributed by atoms with van der Waals surface area (Å²) in [7, 11) is -2.11. The molecule has 1 aromatic carbocycles. The molecule has 0 aliphatic heterocycles. The maximum absolute atomic E-state index is 12.3. The van der Waals surface area contributed by atoms with Gasteiger partial charge in [-0.1, -0.05) is 6.07 Å². The van der Waals surface area contributed by atoms with Gasteiger partial charge in [-0.05, 0) is 43.0 Å². The minimum absolute atomic E-state index is 0.0775. The van der Waals surface area contributed by atoms with Crippen molar-refractivity contribution < 1.29 is 17.9 Å². The van der Waals surface area contributed by atoms with Crippen LogP contribution in [0.1, 0.15) is 23.2 Å². The van der Waals surface area contributed by atoms with E-state index in [-0.39, 0.29) is 10.5 Å². The molecule has 1 saturated carbocycles. The number of amides is 1. The van der Waals surface area contributed by atoms with E-state index in [1.165, 1.54) is 25.4 Å². The first-order valence-electron chi connectivity index (χ1n) is 7.89. The number of sulfonamides is 1. The number of nitrogens with zero attached hydrogens (tertiary/aromatic N) is 1. The average Bonchev–Trinajstić information content (AvgIpc) is 3.45. The molecule has 2 N–H and O–H groups in total. The fourth-order valence-corrected chi connectivity index (χ4v) is 3.38. The van der Waals surface area contributed by atoms with Gasteiger partial charge in [0.2, 0.25) is 15.9 Å². The molecule has 2 aromatic rings. The topological polar surface area (TPSA) is 97.4 Å². The van der Waals surface area contributed by atoms with Gasteiger partial charge in [-0.3, -0.25) is 4.79 Å². The molecule has 1 aromatic heterocycles. The molecule has 25 heavy (non-hydrogen) atoms. The fraction of sp³-hybridized carbons (Fsp3) is 0.294. The first-order valence-corrected chi connectivity index (χ1v) is 9.37. The Kier molecular flexibility index (Phi) is 5.00. The van der Waals surface area contributed by atoms with Crippen LogP contribution >= 0.6 is 0 Å². The van der Waals surface area contributed by atoms with E-state index in [9.17, 15) is 13.2 Å². The third-order valence-electron chi connectivity index (χ3n) is 3.87. The zero-order valence-electron chi connectivity index (χ0n) is 13.7. The van der Waals surface area contributed by atoms with Gasteiger partial charge in [0.15, 0.2) is 0 Å². The van der Waals surface area contributed by atoms with Crippen LogP contribution in [0, 0.1) is 5.92 Å². The maximum Gasteiger partial charge on any atom is 0.255 e. The van der Waals surface area contributed by atoms with Crippen LogP contribution < -0.4 is 14.8 Å². The average molecular weight is 361 g/mol. The van der Waals surface area contributed by atoms with Crippen LogP contribution in [-0.2, 0) is 10.0 Å². The van der Waals surface area contributed by atoms with Gasteiger partial charge in [-0.2, -0.15) is 0 Å². The van der Waals surface area contributed by atoms with Crippen molar-refractivity contribution >= 4 is 21.6 Å². The van der Waals surface area contributed by atoms with Gasteiger partial charge >= 0.3 is 0 Å². The summed E-state index contributed by atoms with van der Waals surface area (Å²) in [6.45, 7) is 0.441.